The zero-order valence-electron chi connectivity index (χ0n) is 77.7. The zero-order chi connectivity index (χ0) is 92.6. The lowest BCUT2D eigenvalue weighted by atomic mass is 9.82. The van der Waals surface area contributed by atoms with Crippen LogP contribution in [0.1, 0.15) is 284 Å². The van der Waals surface area contributed by atoms with Gasteiger partial charge in [0.1, 0.15) is 23.0 Å². The Hall–Kier alpha value is -11.7. The first-order valence-electron chi connectivity index (χ1n) is 41.3. The topological polar surface area (TPSA) is 190 Å². The fourth-order valence-corrected chi connectivity index (χ4v) is 13.2. The molecule has 0 unspecified atom stereocenters. The maximum absolute atomic E-state index is 11.9. The minimum Gasteiger partial charge on any atom is -0.490 e. The van der Waals surface area contributed by atoms with Gasteiger partial charge in [0, 0.05) is 95.2 Å². The number of benzene rings is 8. The minimum atomic E-state index is -0.844. The highest BCUT2D eigenvalue weighted by molar-refractivity contribution is 9.08. The normalized spacial score (nSPS) is 10.8. The van der Waals surface area contributed by atoms with E-state index in [0.29, 0.717) is 23.1 Å². The van der Waals surface area contributed by atoms with Gasteiger partial charge < -0.3 is 43.4 Å². The summed E-state index contributed by atoms with van der Waals surface area (Å²) < 4.78 is 38.7. The molecule has 0 aliphatic heterocycles. The summed E-state index contributed by atoms with van der Waals surface area (Å²) in [6, 6.07) is 38.4. The third kappa shape index (κ3) is 32.6. The van der Waals surface area contributed by atoms with E-state index in [2.05, 4.69) is 204 Å². The van der Waals surface area contributed by atoms with Gasteiger partial charge in [-0.1, -0.05) is 195 Å². The number of aldehydes is 1. The SMILES string of the molecule is C#CC.C#CCc1c(C)c(C#Cc2ccc(CC(=O)O)cc2)cc(C(C)(C)C)c1OC(C)C.COC(=O)Cc1ccc(C#Cc2cc(C(C)(C)C)c(OC(C)C)c(C=O)c2C)cc1.COC(=O)Cc1ccc(C#Cc2cc(C(C)(C)C)c(OC(C)C)c(CBr)c2C)cc1.COC(=O)Cc1ccc(C#Cc2cc(C(C)(C)C)c(OC(C)C)c(CO)c2C)cc1. The van der Waals surface area contributed by atoms with Crippen LogP contribution in [0.15, 0.2) is 121 Å². The van der Waals surface area contributed by atoms with E-state index in [-0.39, 0.29) is 96.3 Å². The maximum Gasteiger partial charge on any atom is 0.309 e. The lowest BCUT2D eigenvalue weighted by Crippen LogP contribution is -2.19. The van der Waals surface area contributed by atoms with Crippen LogP contribution >= 0.6 is 15.9 Å². The number of carbonyl (C=O) groups is 5. The molecule has 0 saturated carbocycles. The van der Waals surface area contributed by atoms with Gasteiger partial charge in [0.2, 0.25) is 0 Å². The molecule has 0 aliphatic carbocycles. The number of aliphatic carboxylic acids is 1. The molecule has 0 aromatic heterocycles. The third-order valence-corrected chi connectivity index (χ3v) is 19.7. The summed E-state index contributed by atoms with van der Waals surface area (Å²) in [5.74, 6) is 32.6. The molecule has 8 aromatic carbocycles. The number of aliphatic hydroxyl groups is 1. The third-order valence-electron chi connectivity index (χ3n) is 19.2. The molecule has 2 N–H and O–H groups in total. The summed E-state index contributed by atoms with van der Waals surface area (Å²) in [5, 5.41) is 19.7. The number of halogens is 1. The highest BCUT2D eigenvalue weighted by Gasteiger charge is 2.30. The number of terminal acetylenes is 2. The average molecular weight is 1730 g/mol. The Morgan fingerprint density at radius 3 is 0.886 bits per heavy atom. The Bertz CT molecular complexity index is 5170. The van der Waals surface area contributed by atoms with E-state index >= 15 is 0 Å². The molecule has 0 heterocycles. The van der Waals surface area contributed by atoms with Crippen LogP contribution in [-0.4, -0.2) is 86.1 Å². The zero-order valence-corrected chi connectivity index (χ0v) is 79.3. The van der Waals surface area contributed by atoms with Gasteiger partial charge in [-0.3, -0.25) is 24.0 Å². The number of ether oxygens (including phenoxy) is 7. The number of esters is 3. The maximum atomic E-state index is 11.9. The molecule has 8 rings (SSSR count). The molecule has 0 amide bonds. The fourth-order valence-electron chi connectivity index (χ4n) is 12.5. The Morgan fingerprint density at radius 1 is 0.398 bits per heavy atom. The first kappa shape index (κ1) is 104. The summed E-state index contributed by atoms with van der Waals surface area (Å²) in [6.07, 6.45) is 12.5. The molecular formula is C108H127BrO14. The van der Waals surface area contributed by atoms with E-state index < -0.39 is 5.97 Å². The van der Waals surface area contributed by atoms with Crippen LogP contribution in [-0.2, 0) is 99.1 Å². The van der Waals surface area contributed by atoms with Crippen molar-refractivity contribution in [3.05, 3.63) is 255 Å². The largest absolute Gasteiger partial charge is 0.490 e. The lowest BCUT2D eigenvalue weighted by molar-refractivity contribution is -0.140. The van der Waals surface area contributed by atoms with Gasteiger partial charge in [-0.05, 0) is 229 Å². The molecule has 0 radical (unpaired) electrons. The molecule has 0 fully saturated rings. The van der Waals surface area contributed by atoms with Crippen molar-refractivity contribution in [3.8, 4) is 95.0 Å². The Kier molecular flexibility index (Phi) is 40.6. The van der Waals surface area contributed by atoms with Crippen LogP contribution in [0.5, 0.6) is 23.0 Å². The number of alkyl halides is 1. The minimum absolute atomic E-state index is 0.00845. The first-order valence-corrected chi connectivity index (χ1v) is 42.4. The van der Waals surface area contributed by atoms with Crippen LogP contribution in [0, 0.1) is 99.7 Å². The van der Waals surface area contributed by atoms with Crippen LogP contribution in [0.2, 0.25) is 0 Å². The number of methoxy groups -OCH3 is 3. The molecular weight excluding hydrogens is 1600 g/mol. The number of aliphatic hydroxyl groups excluding tert-OH is 1. The van der Waals surface area contributed by atoms with E-state index in [1.165, 1.54) is 21.3 Å². The fraction of sp³-hybridized carbons (Fsp3) is 0.398. The number of hydrogen-bond donors (Lipinski definition) is 2. The predicted octanol–water partition coefficient (Wildman–Crippen LogP) is 21.7. The molecule has 0 spiro atoms. The van der Waals surface area contributed by atoms with Crippen LogP contribution < -0.4 is 18.9 Å². The van der Waals surface area contributed by atoms with Gasteiger partial charge in [-0.2, -0.15) is 0 Å². The lowest BCUT2D eigenvalue weighted by Gasteiger charge is -2.27. The van der Waals surface area contributed by atoms with E-state index in [0.717, 1.165) is 151 Å². The van der Waals surface area contributed by atoms with Crippen molar-refractivity contribution in [2.45, 2.75) is 263 Å². The van der Waals surface area contributed by atoms with Crippen LogP contribution in [0.25, 0.3) is 0 Å². The van der Waals surface area contributed by atoms with Gasteiger partial charge >= 0.3 is 23.9 Å². The summed E-state index contributed by atoms with van der Waals surface area (Å²) in [5.41, 5.74) is 21.5. The number of rotatable bonds is 20. The highest BCUT2D eigenvalue weighted by Crippen LogP contribution is 2.43. The molecule has 0 bridgehead atoms. The van der Waals surface area contributed by atoms with Crippen molar-refractivity contribution in [2.24, 2.45) is 0 Å². The van der Waals surface area contributed by atoms with E-state index in [1.807, 2.05) is 153 Å². The molecule has 0 atom stereocenters. The second-order valence-corrected chi connectivity index (χ2v) is 35.5. The quantitative estimate of drug-likeness (QED) is 0.0241. The number of carboxylic acid groups (broad SMARTS) is 1. The van der Waals surface area contributed by atoms with Crippen LogP contribution in [0.3, 0.4) is 0 Å². The Morgan fingerprint density at radius 2 is 0.642 bits per heavy atom. The van der Waals surface area contributed by atoms with Gasteiger partial charge in [-0.15, -0.1) is 24.7 Å². The summed E-state index contributed by atoms with van der Waals surface area (Å²) in [7, 11) is 4.16. The summed E-state index contributed by atoms with van der Waals surface area (Å²) in [6.45, 7) is 51.3. The molecule has 650 valence electrons. The van der Waals surface area contributed by atoms with Crippen molar-refractivity contribution in [1.29, 1.82) is 0 Å². The van der Waals surface area contributed by atoms with E-state index in [1.54, 1.807) is 19.1 Å². The van der Waals surface area contributed by atoms with E-state index in [4.69, 9.17) is 44.7 Å². The summed E-state index contributed by atoms with van der Waals surface area (Å²) in [4.78, 5) is 57.0. The van der Waals surface area contributed by atoms with Gasteiger partial charge in [-0.25, -0.2) is 0 Å². The monoisotopic (exact) mass is 1730 g/mol. The number of carboxylic acids is 1. The predicted molar refractivity (Wildman–Crippen MR) is 502 cm³/mol. The second-order valence-electron chi connectivity index (χ2n) is 34.9. The van der Waals surface area contributed by atoms with Crippen molar-refractivity contribution >= 4 is 46.1 Å². The summed E-state index contributed by atoms with van der Waals surface area (Å²) >= 11 is 3.65. The average Bonchev–Trinajstić information content (AvgIpc) is 0.812. The van der Waals surface area contributed by atoms with E-state index in [9.17, 15) is 29.1 Å². The second kappa shape index (κ2) is 48.2. The van der Waals surface area contributed by atoms with Gasteiger partial charge in [0.25, 0.3) is 0 Å². The van der Waals surface area contributed by atoms with Crippen LogP contribution in [0.4, 0.5) is 0 Å². The van der Waals surface area contributed by atoms with Crippen molar-refractivity contribution in [3.63, 3.8) is 0 Å². The van der Waals surface area contributed by atoms with Gasteiger partial charge in [0.05, 0.1) is 83.6 Å². The number of carbonyl (C=O) groups excluding carboxylic acids is 4. The van der Waals surface area contributed by atoms with Crippen molar-refractivity contribution < 1.29 is 67.3 Å². The standard InChI is InChI=1S/C27H30O3.C26H31BrO3.C26H32O4.C26H30O4.C3H4/c1-8-9-23-19(4)22(17-24(27(5,6)7)26(23)30-18(2)3)15-14-20-10-12-21(13-11-20)16-25(28)29;3*1-17(2)30-25-22(16-27)18(3)21(15-23(25)26(4,5)6)13-12-19-8-10-20(11-9-19)14-24(28)29-7;1-3-2/h1,10-13,17-18H,9,16H2,2-7H3,(H,28,29);8-11,15,17H,14,16H2,1-7H3;8-11,15,17,27H,14,16H2,1-7H3;8-11,15-17H,14H2,1-7H3;1H,2H3. The Labute approximate surface area is 743 Å². The Balaban J connectivity index is 0.000000340. The molecule has 0 saturated heterocycles. The number of hydrogen-bond acceptors (Lipinski definition) is 13. The molecule has 123 heavy (non-hydrogen) atoms. The van der Waals surface area contributed by atoms with Gasteiger partial charge in [0.15, 0.2) is 6.29 Å². The van der Waals surface area contributed by atoms with Crippen molar-refractivity contribution in [2.75, 3.05) is 21.3 Å². The molecule has 0 aliphatic rings. The molecule has 15 heteroatoms. The molecule has 14 nitrogen and oxygen atoms in total. The molecule has 8 aromatic rings. The van der Waals surface area contributed by atoms with Crippen molar-refractivity contribution in [1.82, 2.24) is 0 Å². The first-order chi connectivity index (χ1) is 57.6. The highest BCUT2D eigenvalue weighted by atomic mass is 79.9. The smallest absolute Gasteiger partial charge is 0.309 e.